The Morgan fingerprint density at radius 2 is 2.00 bits per heavy atom. The van der Waals surface area contributed by atoms with Crippen LogP contribution < -0.4 is 5.32 Å². The van der Waals surface area contributed by atoms with Gasteiger partial charge in [0.25, 0.3) is 0 Å². The quantitative estimate of drug-likeness (QED) is 0.638. The Morgan fingerprint density at radius 3 is 2.71 bits per heavy atom. The Balaban J connectivity index is 1.94. The van der Waals surface area contributed by atoms with Gasteiger partial charge in [0.05, 0.1) is 6.20 Å². The van der Waals surface area contributed by atoms with Gasteiger partial charge < -0.3 is 10.3 Å². The van der Waals surface area contributed by atoms with Gasteiger partial charge in [0.1, 0.15) is 0 Å². The molecule has 2 aromatic heterocycles. The highest BCUT2D eigenvalue weighted by molar-refractivity contribution is 14.1. The Morgan fingerprint density at radius 1 is 1.19 bits per heavy atom. The predicted molar refractivity (Wildman–Crippen MR) is 79.1 cm³/mol. The molecule has 0 fully saturated rings. The molecule has 0 saturated heterocycles. The molecule has 0 aliphatic rings. The van der Waals surface area contributed by atoms with Crippen LogP contribution in [0.4, 0.5) is 24.7 Å². The zero-order chi connectivity index (χ0) is 15.0. The molecule has 0 saturated carbocycles. The Labute approximate surface area is 130 Å². The SMILES string of the molecule is FC(F)(F)c1nc2ncc(Nc3cccc(I)c3)nc2[nH]1. The number of imidazole rings is 1. The Bertz CT molecular complexity index is 799. The topological polar surface area (TPSA) is 66.5 Å². The van der Waals surface area contributed by atoms with Crippen LogP contribution in [0.25, 0.3) is 11.3 Å². The summed E-state index contributed by atoms with van der Waals surface area (Å²) in [4.78, 5) is 13.4. The van der Waals surface area contributed by atoms with Gasteiger partial charge in [0, 0.05) is 9.26 Å². The summed E-state index contributed by atoms with van der Waals surface area (Å²) in [5, 5.41) is 2.98. The molecular weight excluding hydrogens is 398 g/mol. The highest BCUT2D eigenvalue weighted by Crippen LogP contribution is 2.28. The first-order valence-electron chi connectivity index (χ1n) is 5.74. The number of nitrogens with zero attached hydrogens (tertiary/aromatic N) is 3. The lowest BCUT2D eigenvalue weighted by molar-refractivity contribution is -0.144. The van der Waals surface area contributed by atoms with Crippen molar-refractivity contribution in [3.63, 3.8) is 0 Å². The molecule has 0 bridgehead atoms. The molecule has 0 unspecified atom stereocenters. The third-order valence-electron chi connectivity index (χ3n) is 2.57. The van der Waals surface area contributed by atoms with Crippen molar-refractivity contribution in [1.29, 1.82) is 0 Å². The lowest BCUT2D eigenvalue weighted by Gasteiger charge is -2.04. The summed E-state index contributed by atoms with van der Waals surface area (Å²) in [5.74, 6) is -0.772. The van der Waals surface area contributed by atoms with E-state index < -0.39 is 12.0 Å². The molecule has 1 aromatic carbocycles. The third-order valence-corrected chi connectivity index (χ3v) is 3.24. The molecule has 5 nitrogen and oxygen atoms in total. The molecule has 0 aliphatic heterocycles. The van der Waals surface area contributed by atoms with Crippen LogP contribution in [0.3, 0.4) is 0 Å². The van der Waals surface area contributed by atoms with Crippen LogP contribution in [-0.4, -0.2) is 19.9 Å². The Hall–Kier alpha value is -1.91. The number of benzene rings is 1. The molecule has 3 rings (SSSR count). The molecule has 0 atom stereocenters. The molecule has 3 aromatic rings. The number of anilines is 2. The summed E-state index contributed by atoms with van der Waals surface area (Å²) in [5.41, 5.74) is 0.680. The van der Waals surface area contributed by atoms with E-state index in [2.05, 4.69) is 47.8 Å². The minimum atomic E-state index is -4.55. The Kier molecular flexibility index (Phi) is 3.43. The molecular formula is C12H7F3IN5. The van der Waals surface area contributed by atoms with Crippen molar-refractivity contribution >= 4 is 45.4 Å². The summed E-state index contributed by atoms with van der Waals surface area (Å²) >= 11 is 2.16. The van der Waals surface area contributed by atoms with Gasteiger partial charge in [0.15, 0.2) is 17.1 Å². The average molecular weight is 405 g/mol. The van der Waals surface area contributed by atoms with E-state index in [1.807, 2.05) is 24.3 Å². The summed E-state index contributed by atoms with van der Waals surface area (Å²) in [7, 11) is 0. The molecule has 2 N–H and O–H groups in total. The fourth-order valence-electron chi connectivity index (χ4n) is 1.70. The summed E-state index contributed by atoms with van der Waals surface area (Å²) in [6.07, 6.45) is -3.21. The number of rotatable bonds is 2. The maximum atomic E-state index is 12.6. The van der Waals surface area contributed by atoms with Crippen LogP contribution >= 0.6 is 22.6 Å². The number of hydrogen-bond acceptors (Lipinski definition) is 4. The van der Waals surface area contributed by atoms with E-state index in [9.17, 15) is 13.2 Å². The number of aromatic amines is 1. The van der Waals surface area contributed by atoms with E-state index in [0.717, 1.165) is 9.26 Å². The molecule has 108 valence electrons. The molecule has 0 aliphatic carbocycles. The summed E-state index contributed by atoms with van der Waals surface area (Å²) in [6.45, 7) is 0. The van der Waals surface area contributed by atoms with Crippen LogP contribution in [0, 0.1) is 3.57 Å². The number of H-pyrrole nitrogens is 1. The van der Waals surface area contributed by atoms with E-state index >= 15 is 0 Å². The first kappa shape index (κ1) is 14.0. The van der Waals surface area contributed by atoms with Crippen molar-refractivity contribution < 1.29 is 13.2 Å². The molecule has 21 heavy (non-hydrogen) atoms. The van der Waals surface area contributed by atoms with Gasteiger partial charge >= 0.3 is 6.18 Å². The van der Waals surface area contributed by atoms with Crippen molar-refractivity contribution in [2.75, 3.05) is 5.32 Å². The fraction of sp³-hybridized carbons (Fsp3) is 0.0833. The number of halogens is 4. The zero-order valence-electron chi connectivity index (χ0n) is 10.2. The van der Waals surface area contributed by atoms with Gasteiger partial charge in [0.2, 0.25) is 5.82 Å². The van der Waals surface area contributed by atoms with Crippen LogP contribution in [0.5, 0.6) is 0 Å². The van der Waals surface area contributed by atoms with Gasteiger partial charge in [-0.2, -0.15) is 13.2 Å². The number of hydrogen-bond donors (Lipinski definition) is 2. The number of nitrogens with one attached hydrogen (secondary N) is 2. The number of fused-ring (bicyclic) bond motifs is 1. The lowest BCUT2D eigenvalue weighted by atomic mass is 10.3. The second kappa shape index (κ2) is 5.13. The van der Waals surface area contributed by atoms with E-state index in [1.54, 1.807) is 0 Å². The van der Waals surface area contributed by atoms with Gasteiger partial charge in [-0.1, -0.05) is 6.07 Å². The summed E-state index contributed by atoms with van der Waals surface area (Å²) < 4.78 is 38.7. The maximum absolute atomic E-state index is 12.6. The highest BCUT2D eigenvalue weighted by atomic mass is 127. The first-order valence-corrected chi connectivity index (χ1v) is 6.82. The predicted octanol–water partition coefficient (Wildman–Crippen LogP) is 3.72. The normalized spacial score (nSPS) is 11.8. The minimum Gasteiger partial charge on any atom is -0.339 e. The van der Waals surface area contributed by atoms with Crippen LogP contribution in [0.1, 0.15) is 5.82 Å². The molecule has 0 spiro atoms. The molecule has 2 heterocycles. The van der Waals surface area contributed by atoms with Crippen molar-refractivity contribution in [3.05, 3.63) is 39.9 Å². The second-order valence-corrected chi connectivity index (χ2v) is 5.39. The van der Waals surface area contributed by atoms with Crippen molar-refractivity contribution in [2.45, 2.75) is 6.18 Å². The minimum absolute atomic E-state index is 0.0158. The third kappa shape index (κ3) is 3.06. The zero-order valence-corrected chi connectivity index (χ0v) is 12.4. The van der Waals surface area contributed by atoms with Crippen LogP contribution in [0.15, 0.2) is 30.5 Å². The van der Waals surface area contributed by atoms with E-state index in [1.165, 1.54) is 6.20 Å². The van der Waals surface area contributed by atoms with E-state index in [-0.39, 0.29) is 11.3 Å². The highest BCUT2D eigenvalue weighted by Gasteiger charge is 2.35. The van der Waals surface area contributed by atoms with Crippen molar-refractivity contribution in [2.24, 2.45) is 0 Å². The smallest absolute Gasteiger partial charge is 0.339 e. The van der Waals surface area contributed by atoms with Crippen molar-refractivity contribution in [3.8, 4) is 0 Å². The standard InChI is InChI=1S/C12H7F3IN5/c13-12(14,15)11-20-9-10(21-11)19-8(5-17-9)18-7-3-1-2-6(16)4-7/h1-5H,(H2,17,18,19,20,21). The molecule has 0 radical (unpaired) electrons. The van der Waals surface area contributed by atoms with Gasteiger partial charge in [-0.25, -0.2) is 15.0 Å². The largest absolute Gasteiger partial charge is 0.449 e. The fourth-order valence-corrected chi connectivity index (χ4v) is 2.25. The van der Waals surface area contributed by atoms with E-state index in [0.29, 0.717) is 5.82 Å². The molecule has 0 amide bonds. The molecule has 9 heteroatoms. The monoisotopic (exact) mass is 405 g/mol. The lowest BCUT2D eigenvalue weighted by Crippen LogP contribution is -2.06. The summed E-state index contributed by atoms with van der Waals surface area (Å²) in [6, 6.07) is 7.47. The van der Waals surface area contributed by atoms with Crippen LogP contribution in [-0.2, 0) is 6.18 Å². The van der Waals surface area contributed by atoms with Crippen molar-refractivity contribution in [1.82, 2.24) is 19.9 Å². The maximum Gasteiger partial charge on any atom is 0.449 e. The van der Waals surface area contributed by atoms with Gasteiger partial charge in [-0.05, 0) is 40.8 Å². The average Bonchev–Trinajstić information content (AvgIpc) is 2.82. The van der Waals surface area contributed by atoms with Crippen LogP contribution in [0.2, 0.25) is 0 Å². The number of aromatic nitrogens is 4. The van der Waals surface area contributed by atoms with Gasteiger partial charge in [-0.3, -0.25) is 0 Å². The van der Waals surface area contributed by atoms with Gasteiger partial charge in [-0.15, -0.1) is 0 Å². The second-order valence-electron chi connectivity index (χ2n) is 4.15. The van der Waals surface area contributed by atoms with E-state index in [4.69, 9.17) is 0 Å². The first-order chi connectivity index (χ1) is 9.91. The number of alkyl halides is 3.